The van der Waals surface area contributed by atoms with Crippen LogP contribution in [0.1, 0.15) is 39.5 Å². The van der Waals surface area contributed by atoms with Crippen LogP contribution in [0.5, 0.6) is 0 Å². The van der Waals surface area contributed by atoms with Crippen LogP contribution >= 0.6 is 11.8 Å². The molecule has 0 aromatic heterocycles. The molecule has 3 rings (SSSR count). The zero-order valence-corrected chi connectivity index (χ0v) is 17.7. The van der Waals surface area contributed by atoms with Crippen LogP contribution in [0.3, 0.4) is 0 Å². The lowest BCUT2D eigenvalue weighted by Gasteiger charge is -2.42. The van der Waals surface area contributed by atoms with Crippen LogP contribution in [0, 0.1) is 5.92 Å². The summed E-state index contributed by atoms with van der Waals surface area (Å²) < 4.78 is 11.6. The van der Waals surface area contributed by atoms with E-state index in [1.54, 1.807) is 0 Å². The van der Waals surface area contributed by atoms with Gasteiger partial charge in [-0.05, 0) is 25.7 Å². The van der Waals surface area contributed by atoms with Crippen molar-refractivity contribution in [3.63, 3.8) is 0 Å². The van der Waals surface area contributed by atoms with Crippen molar-refractivity contribution in [1.82, 2.24) is 5.32 Å². The first-order chi connectivity index (χ1) is 13.8. The average Bonchev–Trinajstić information content (AvgIpc) is 3.09. The predicted octanol–water partition coefficient (Wildman–Crippen LogP) is 3.64. The standard InChI is InChI=1S/C22H29NO5S/c1-15-7-5-3-4-6-8-16(2)11-20(24)27-18-12-17(10-9-15)28-22(26,13-18)19-14-29-21(25)23-19/h3-5,7,9-11,15,17-19,26H,6,8,12-14H2,1-2H3,(H,23,25)/b4-3+,7-5-,10-9+,16-11-/t15-,17-,18-,19+,22-/m1/s1. The zero-order valence-electron chi connectivity index (χ0n) is 16.9. The summed E-state index contributed by atoms with van der Waals surface area (Å²) >= 11 is 1.12. The van der Waals surface area contributed by atoms with E-state index < -0.39 is 30.0 Å². The molecule has 6 nitrogen and oxygen atoms in total. The maximum atomic E-state index is 12.4. The van der Waals surface area contributed by atoms with E-state index in [0.717, 1.165) is 30.2 Å². The molecule has 0 spiro atoms. The second kappa shape index (κ2) is 9.78. The molecular formula is C22H29NO5S. The Morgan fingerprint density at radius 1 is 1.24 bits per heavy atom. The summed E-state index contributed by atoms with van der Waals surface area (Å²) in [5.74, 6) is -1.38. The minimum absolute atomic E-state index is 0.125. The van der Waals surface area contributed by atoms with Crippen molar-refractivity contribution < 1.29 is 24.2 Å². The first kappa shape index (κ1) is 21.9. The van der Waals surface area contributed by atoms with Crippen molar-refractivity contribution in [2.45, 2.75) is 63.6 Å². The van der Waals surface area contributed by atoms with E-state index in [1.165, 1.54) is 6.08 Å². The van der Waals surface area contributed by atoms with Crippen molar-refractivity contribution in [1.29, 1.82) is 0 Å². The van der Waals surface area contributed by atoms with Gasteiger partial charge in [0.25, 0.3) is 5.24 Å². The van der Waals surface area contributed by atoms with Crippen LogP contribution in [0.25, 0.3) is 0 Å². The van der Waals surface area contributed by atoms with Gasteiger partial charge in [0.1, 0.15) is 6.10 Å². The molecule has 2 bridgehead atoms. The van der Waals surface area contributed by atoms with Gasteiger partial charge in [-0.25, -0.2) is 4.79 Å². The Kier molecular flexibility index (Phi) is 7.38. The Morgan fingerprint density at radius 2 is 2.07 bits per heavy atom. The number of rotatable bonds is 1. The summed E-state index contributed by atoms with van der Waals surface area (Å²) in [5, 5.41) is 13.7. The predicted molar refractivity (Wildman–Crippen MR) is 113 cm³/mol. The van der Waals surface area contributed by atoms with Crippen LogP contribution in [0.2, 0.25) is 0 Å². The molecule has 3 aliphatic rings. The minimum Gasteiger partial charge on any atom is -0.459 e. The van der Waals surface area contributed by atoms with E-state index >= 15 is 0 Å². The van der Waals surface area contributed by atoms with E-state index in [2.05, 4.69) is 24.4 Å². The molecule has 2 saturated heterocycles. The molecule has 3 heterocycles. The number of amides is 1. The van der Waals surface area contributed by atoms with Gasteiger partial charge in [0, 0.05) is 24.7 Å². The van der Waals surface area contributed by atoms with Gasteiger partial charge in [-0.1, -0.05) is 60.7 Å². The summed E-state index contributed by atoms with van der Waals surface area (Å²) in [6.07, 6.45) is 14.9. The zero-order chi connectivity index (χ0) is 20.9. The number of aliphatic hydroxyl groups is 1. The Balaban J connectivity index is 1.83. The van der Waals surface area contributed by atoms with Crippen molar-refractivity contribution >= 4 is 23.0 Å². The van der Waals surface area contributed by atoms with Crippen molar-refractivity contribution in [2.75, 3.05) is 5.75 Å². The molecule has 0 aliphatic carbocycles. The highest BCUT2D eigenvalue weighted by Crippen LogP contribution is 2.35. The Hall–Kier alpha value is -1.83. The first-order valence-corrected chi connectivity index (χ1v) is 11.1. The SMILES string of the molecule is C/C1=C/C(=O)O[C@@H]2C[C@@H](/C=C/[C@H](C)/C=C\C=C\CC1)O[C@@](O)([C@@H]1CSC(=O)N1)C2. The number of fused-ring (bicyclic) bond motifs is 2. The highest BCUT2D eigenvalue weighted by Gasteiger charge is 2.49. The molecule has 5 atom stereocenters. The molecule has 0 unspecified atom stereocenters. The van der Waals surface area contributed by atoms with Crippen LogP contribution in [-0.4, -0.2) is 46.1 Å². The molecule has 1 amide bonds. The van der Waals surface area contributed by atoms with Gasteiger partial charge < -0.3 is 19.9 Å². The molecule has 7 heteroatoms. The highest BCUT2D eigenvalue weighted by molar-refractivity contribution is 8.14. The van der Waals surface area contributed by atoms with Gasteiger partial charge >= 0.3 is 5.97 Å². The number of nitrogens with one attached hydrogen (secondary N) is 1. The molecule has 2 N–H and O–H groups in total. The molecule has 0 radical (unpaired) electrons. The lowest BCUT2D eigenvalue weighted by molar-refractivity contribution is -0.273. The van der Waals surface area contributed by atoms with E-state index in [1.807, 2.05) is 31.2 Å². The topological polar surface area (TPSA) is 84.9 Å². The van der Waals surface area contributed by atoms with Crippen LogP contribution in [0.15, 0.2) is 48.1 Å². The molecule has 0 aromatic rings. The number of thioether (sulfide) groups is 1. The third-order valence-electron chi connectivity index (χ3n) is 5.23. The normalized spacial score (nSPS) is 41.6. The van der Waals surface area contributed by atoms with Crippen molar-refractivity contribution in [2.24, 2.45) is 5.92 Å². The van der Waals surface area contributed by atoms with Gasteiger partial charge in [-0.3, -0.25) is 4.79 Å². The number of hydrogen-bond donors (Lipinski definition) is 2. The smallest absolute Gasteiger partial charge is 0.330 e. The maximum Gasteiger partial charge on any atom is 0.330 e. The quantitative estimate of drug-likeness (QED) is 0.499. The molecule has 158 valence electrons. The summed E-state index contributed by atoms with van der Waals surface area (Å²) in [4.78, 5) is 24.0. The van der Waals surface area contributed by atoms with E-state index in [9.17, 15) is 14.7 Å². The van der Waals surface area contributed by atoms with Crippen LogP contribution < -0.4 is 5.32 Å². The van der Waals surface area contributed by atoms with Gasteiger partial charge in [0.15, 0.2) is 5.79 Å². The van der Waals surface area contributed by atoms with Crippen molar-refractivity contribution in [3.05, 3.63) is 48.1 Å². The number of carbonyl (C=O) groups is 2. The van der Waals surface area contributed by atoms with Crippen molar-refractivity contribution in [3.8, 4) is 0 Å². The second-order valence-corrected chi connectivity index (χ2v) is 8.87. The Bertz CT molecular complexity index is 743. The van der Waals surface area contributed by atoms with E-state index in [4.69, 9.17) is 9.47 Å². The fourth-order valence-electron chi connectivity index (χ4n) is 3.65. The van der Waals surface area contributed by atoms with Crippen LogP contribution in [0.4, 0.5) is 4.79 Å². The van der Waals surface area contributed by atoms with E-state index in [-0.39, 0.29) is 17.6 Å². The minimum atomic E-state index is -1.58. The van der Waals surface area contributed by atoms with Gasteiger partial charge in [0.05, 0.1) is 12.1 Å². The molecule has 2 fully saturated rings. The molecule has 29 heavy (non-hydrogen) atoms. The molecule has 3 aliphatic heterocycles. The van der Waals surface area contributed by atoms with Crippen LogP contribution in [-0.2, 0) is 14.3 Å². The Labute approximate surface area is 176 Å². The fourth-order valence-corrected chi connectivity index (χ4v) is 4.53. The number of esters is 1. The number of allylic oxidation sites excluding steroid dienone is 6. The summed E-state index contributed by atoms with van der Waals surface area (Å²) in [6.45, 7) is 3.98. The second-order valence-electron chi connectivity index (χ2n) is 7.88. The van der Waals surface area contributed by atoms with E-state index in [0.29, 0.717) is 12.2 Å². The van der Waals surface area contributed by atoms with Gasteiger partial charge in [0.2, 0.25) is 0 Å². The third-order valence-corrected chi connectivity index (χ3v) is 6.11. The molecule has 0 aromatic carbocycles. The maximum absolute atomic E-state index is 12.4. The molecular weight excluding hydrogens is 390 g/mol. The van der Waals surface area contributed by atoms with Gasteiger partial charge in [-0.15, -0.1) is 0 Å². The largest absolute Gasteiger partial charge is 0.459 e. The fraction of sp³-hybridized carbons (Fsp3) is 0.545. The molecule has 0 saturated carbocycles. The summed E-state index contributed by atoms with van der Waals surface area (Å²) in [7, 11) is 0. The highest BCUT2D eigenvalue weighted by atomic mass is 32.2. The first-order valence-electron chi connectivity index (χ1n) is 10.1. The summed E-state index contributed by atoms with van der Waals surface area (Å²) in [6, 6.07) is -0.539. The lowest BCUT2D eigenvalue weighted by Crippen LogP contribution is -2.58. The summed E-state index contributed by atoms with van der Waals surface area (Å²) in [5.41, 5.74) is 0.947. The lowest BCUT2D eigenvalue weighted by atomic mass is 9.92. The van der Waals surface area contributed by atoms with Gasteiger partial charge in [-0.2, -0.15) is 0 Å². The Morgan fingerprint density at radius 3 is 2.83 bits per heavy atom. The average molecular weight is 420 g/mol. The number of ether oxygens (including phenoxy) is 2. The number of hydrogen-bond acceptors (Lipinski definition) is 6. The third kappa shape index (κ3) is 6.32. The monoisotopic (exact) mass is 419 g/mol. The number of carbonyl (C=O) groups excluding carboxylic acids is 2.